The summed E-state index contributed by atoms with van der Waals surface area (Å²) in [6.45, 7) is 5.08. The highest BCUT2D eigenvalue weighted by Gasteiger charge is 1.96. The van der Waals surface area contributed by atoms with E-state index in [-0.39, 0.29) is 5.76 Å². The van der Waals surface area contributed by atoms with Crippen LogP contribution in [0.4, 0.5) is 4.79 Å². The molecule has 0 amide bonds. The third-order valence-corrected chi connectivity index (χ3v) is 0.626. The SMILES string of the molecule is C=C(CC)OC(=O)O. The molecule has 0 aromatic carbocycles. The lowest BCUT2D eigenvalue weighted by atomic mass is 10.4. The normalized spacial score (nSPS) is 8.12. The van der Waals surface area contributed by atoms with Gasteiger partial charge in [-0.3, -0.25) is 0 Å². The van der Waals surface area contributed by atoms with Crippen LogP contribution in [-0.4, -0.2) is 11.3 Å². The molecular formula is C5H8O3. The van der Waals surface area contributed by atoms with E-state index >= 15 is 0 Å². The van der Waals surface area contributed by atoms with Crippen LogP contribution < -0.4 is 0 Å². The number of hydrogen-bond donors (Lipinski definition) is 1. The average Bonchev–Trinajstić information content (AvgIpc) is 1.65. The zero-order valence-corrected chi connectivity index (χ0v) is 4.68. The second kappa shape index (κ2) is 3.07. The third-order valence-electron chi connectivity index (χ3n) is 0.626. The average molecular weight is 116 g/mol. The molecule has 46 valence electrons. The quantitative estimate of drug-likeness (QED) is 0.440. The van der Waals surface area contributed by atoms with Gasteiger partial charge in [0.1, 0.15) is 5.76 Å². The lowest BCUT2D eigenvalue weighted by Gasteiger charge is -1.96. The molecule has 0 aliphatic heterocycles. The van der Waals surface area contributed by atoms with Crippen LogP contribution in [-0.2, 0) is 4.74 Å². The summed E-state index contributed by atoms with van der Waals surface area (Å²) in [6.07, 6.45) is -0.761. The van der Waals surface area contributed by atoms with Crippen molar-refractivity contribution >= 4 is 6.16 Å². The van der Waals surface area contributed by atoms with Crippen LogP contribution in [0.25, 0.3) is 0 Å². The molecule has 0 radical (unpaired) electrons. The fraction of sp³-hybridized carbons (Fsp3) is 0.400. The predicted octanol–water partition coefficient (Wildman–Crippen LogP) is 1.60. The smallest absolute Gasteiger partial charge is 0.449 e. The number of rotatable bonds is 2. The van der Waals surface area contributed by atoms with E-state index in [4.69, 9.17) is 5.11 Å². The minimum Gasteiger partial charge on any atom is -0.449 e. The molecule has 1 N–H and O–H groups in total. The minimum atomic E-state index is -1.29. The highest BCUT2D eigenvalue weighted by Crippen LogP contribution is 1.97. The largest absolute Gasteiger partial charge is 0.510 e. The Morgan fingerprint density at radius 3 is 2.50 bits per heavy atom. The van der Waals surface area contributed by atoms with Crippen LogP contribution >= 0.6 is 0 Å². The Balaban J connectivity index is 3.40. The Bertz CT molecular complexity index is 106. The van der Waals surface area contributed by atoms with Crippen molar-refractivity contribution in [3.05, 3.63) is 12.3 Å². The van der Waals surface area contributed by atoms with Gasteiger partial charge in [-0.15, -0.1) is 0 Å². The fourth-order valence-corrected chi connectivity index (χ4v) is 0.196. The summed E-state index contributed by atoms with van der Waals surface area (Å²) < 4.78 is 4.12. The molecule has 3 heteroatoms. The Hall–Kier alpha value is -0.990. The van der Waals surface area contributed by atoms with Gasteiger partial charge in [0.25, 0.3) is 0 Å². The Labute approximate surface area is 47.6 Å². The molecular weight excluding hydrogens is 108 g/mol. The van der Waals surface area contributed by atoms with Gasteiger partial charge in [0.05, 0.1) is 0 Å². The van der Waals surface area contributed by atoms with E-state index in [0.717, 1.165) is 0 Å². The van der Waals surface area contributed by atoms with E-state index in [1.165, 1.54) is 0 Å². The first kappa shape index (κ1) is 7.01. The molecule has 0 aliphatic rings. The highest BCUT2D eigenvalue weighted by molar-refractivity contribution is 5.58. The first-order valence-corrected chi connectivity index (χ1v) is 2.25. The highest BCUT2D eigenvalue weighted by atomic mass is 16.7. The molecule has 0 bridgehead atoms. The molecule has 0 fully saturated rings. The molecule has 0 atom stereocenters. The van der Waals surface area contributed by atoms with Crippen LogP contribution in [0.2, 0.25) is 0 Å². The van der Waals surface area contributed by atoms with Crippen LogP contribution in [0.3, 0.4) is 0 Å². The number of ether oxygens (including phenoxy) is 1. The van der Waals surface area contributed by atoms with Gasteiger partial charge in [0.2, 0.25) is 0 Å². The maximum atomic E-state index is 9.69. The van der Waals surface area contributed by atoms with Gasteiger partial charge < -0.3 is 9.84 Å². The number of carboxylic acid groups (broad SMARTS) is 1. The summed E-state index contributed by atoms with van der Waals surface area (Å²) >= 11 is 0. The van der Waals surface area contributed by atoms with E-state index in [0.29, 0.717) is 6.42 Å². The maximum absolute atomic E-state index is 9.69. The molecule has 3 nitrogen and oxygen atoms in total. The van der Waals surface area contributed by atoms with E-state index in [1.807, 2.05) is 0 Å². The zero-order valence-electron chi connectivity index (χ0n) is 4.68. The summed E-state index contributed by atoms with van der Waals surface area (Å²) in [6, 6.07) is 0. The standard InChI is InChI=1S/C5H8O3/c1-3-4(2)8-5(6)7/h2-3H2,1H3,(H,6,7). The van der Waals surface area contributed by atoms with Crippen molar-refractivity contribution in [2.45, 2.75) is 13.3 Å². The van der Waals surface area contributed by atoms with Crippen molar-refractivity contribution in [3.63, 3.8) is 0 Å². The summed E-state index contributed by atoms with van der Waals surface area (Å²) in [5.74, 6) is 0.275. The van der Waals surface area contributed by atoms with Gasteiger partial charge in [0, 0.05) is 6.42 Å². The molecule has 8 heavy (non-hydrogen) atoms. The van der Waals surface area contributed by atoms with E-state index in [9.17, 15) is 4.79 Å². The summed E-state index contributed by atoms with van der Waals surface area (Å²) in [4.78, 5) is 9.69. The van der Waals surface area contributed by atoms with Crippen LogP contribution in [0.15, 0.2) is 12.3 Å². The van der Waals surface area contributed by atoms with Crippen molar-refractivity contribution in [2.75, 3.05) is 0 Å². The number of carbonyl (C=O) groups is 1. The maximum Gasteiger partial charge on any atom is 0.510 e. The summed E-state index contributed by atoms with van der Waals surface area (Å²) in [7, 11) is 0. The molecule has 0 aliphatic carbocycles. The fourth-order valence-electron chi connectivity index (χ4n) is 0.196. The van der Waals surface area contributed by atoms with Gasteiger partial charge in [-0.1, -0.05) is 13.5 Å². The Morgan fingerprint density at radius 1 is 1.88 bits per heavy atom. The van der Waals surface area contributed by atoms with Gasteiger partial charge in [-0.05, 0) is 0 Å². The molecule has 0 rings (SSSR count). The predicted molar refractivity (Wildman–Crippen MR) is 28.5 cm³/mol. The molecule has 0 heterocycles. The summed E-state index contributed by atoms with van der Waals surface area (Å²) in [5, 5.41) is 7.93. The van der Waals surface area contributed by atoms with E-state index in [2.05, 4.69) is 11.3 Å². The number of hydrogen-bond acceptors (Lipinski definition) is 2. The van der Waals surface area contributed by atoms with Crippen LogP contribution in [0.1, 0.15) is 13.3 Å². The topological polar surface area (TPSA) is 46.5 Å². The minimum absolute atomic E-state index is 0.275. The first-order chi connectivity index (χ1) is 3.66. The monoisotopic (exact) mass is 116 g/mol. The van der Waals surface area contributed by atoms with Gasteiger partial charge in [-0.25, -0.2) is 4.79 Å². The Morgan fingerprint density at radius 2 is 2.38 bits per heavy atom. The van der Waals surface area contributed by atoms with Crippen molar-refractivity contribution in [2.24, 2.45) is 0 Å². The van der Waals surface area contributed by atoms with Crippen molar-refractivity contribution in [3.8, 4) is 0 Å². The zero-order chi connectivity index (χ0) is 6.57. The molecule has 0 spiro atoms. The van der Waals surface area contributed by atoms with E-state index in [1.54, 1.807) is 6.92 Å². The van der Waals surface area contributed by atoms with Crippen molar-refractivity contribution < 1.29 is 14.6 Å². The third kappa shape index (κ3) is 3.21. The van der Waals surface area contributed by atoms with Crippen LogP contribution in [0, 0.1) is 0 Å². The first-order valence-electron chi connectivity index (χ1n) is 2.25. The molecule has 0 saturated carbocycles. The molecule has 0 saturated heterocycles. The van der Waals surface area contributed by atoms with Gasteiger partial charge >= 0.3 is 6.16 Å². The van der Waals surface area contributed by atoms with Gasteiger partial charge in [0.15, 0.2) is 0 Å². The van der Waals surface area contributed by atoms with Gasteiger partial charge in [-0.2, -0.15) is 0 Å². The van der Waals surface area contributed by atoms with Crippen molar-refractivity contribution in [1.82, 2.24) is 0 Å². The number of allylic oxidation sites excluding steroid dienone is 1. The van der Waals surface area contributed by atoms with Crippen molar-refractivity contribution in [1.29, 1.82) is 0 Å². The lowest BCUT2D eigenvalue weighted by molar-refractivity contribution is 0.117. The second-order valence-corrected chi connectivity index (χ2v) is 1.26. The van der Waals surface area contributed by atoms with E-state index < -0.39 is 6.16 Å². The Kier molecular flexibility index (Phi) is 2.69. The molecule has 0 unspecified atom stereocenters. The molecule has 0 aromatic rings. The van der Waals surface area contributed by atoms with Crippen LogP contribution in [0.5, 0.6) is 0 Å². The summed E-state index contributed by atoms with van der Waals surface area (Å²) in [5.41, 5.74) is 0. The second-order valence-electron chi connectivity index (χ2n) is 1.26. The lowest BCUT2D eigenvalue weighted by Crippen LogP contribution is -1.97. The molecule has 0 aromatic heterocycles.